The van der Waals surface area contributed by atoms with Gasteiger partial charge in [0.05, 0.1) is 7.11 Å². The lowest BCUT2D eigenvalue weighted by Crippen LogP contribution is -2.47. The first-order valence-corrected chi connectivity index (χ1v) is 9.89. The Morgan fingerprint density at radius 2 is 1.48 bits per heavy atom. The molecule has 0 fully saturated rings. The average Bonchev–Trinajstić information content (AvgIpc) is 2.82. The normalized spacial score (nSPS) is 11.7. The molecule has 0 saturated carbocycles. The Morgan fingerprint density at radius 3 is 1.90 bits per heavy atom. The minimum Gasteiger partial charge on any atom is -0.497 e. The molecule has 0 aliphatic rings. The SMILES string of the molecule is COC(c1ccccc1)(c1ccccc1)[C@H](O)C(=O)O.COc1cccc(CCN)c1. The van der Waals surface area contributed by atoms with Gasteiger partial charge in [0, 0.05) is 7.11 Å². The van der Waals surface area contributed by atoms with Crippen molar-refractivity contribution in [1.29, 1.82) is 0 Å². The molecule has 0 bridgehead atoms. The number of carboxylic acid groups (broad SMARTS) is 1. The Labute approximate surface area is 182 Å². The van der Waals surface area contributed by atoms with Crippen LogP contribution in [0.3, 0.4) is 0 Å². The van der Waals surface area contributed by atoms with Gasteiger partial charge in [-0.3, -0.25) is 0 Å². The summed E-state index contributed by atoms with van der Waals surface area (Å²) >= 11 is 0. The van der Waals surface area contributed by atoms with Gasteiger partial charge >= 0.3 is 5.97 Å². The Morgan fingerprint density at radius 1 is 0.935 bits per heavy atom. The van der Waals surface area contributed by atoms with Crippen LogP contribution in [0.15, 0.2) is 84.9 Å². The molecule has 31 heavy (non-hydrogen) atoms. The first kappa shape index (κ1) is 24.1. The molecule has 6 nitrogen and oxygen atoms in total. The summed E-state index contributed by atoms with van der Waals surface area (Å²) in [4.78, 5) is 11.3. The highest BCUT2D eigenvalue weighted by molar-refractivity contribution is 5.75. The van der Waals surface area contributed by atoms with Crippen LogP contribution >= 0.6 is 0 Å². The van der Waals surface area contributed by atoms with Gasteiger partial charge in [0.2, 0.25) is 0 Å². The van der Waals surface area contributed by atoms with Crippen molar-refractivity contribution in [2.24, 2.45) is 5.73 Å². The van der Waals surface area contributed by atoms with Crippen LogP contribution in [0, 0.1) is 0 Å². The van der Waals surface area contributed by atoms with Crippen molar-refractivity contribution in [3.05, 3.63) is 102 Å². The van der Waals surface area contributed by atoms with Crippen LogP contribution in [0.2, 0.25) is 0 Å². The topological polar surface area (TPSA) is 102 Å². The summed E-state index contributed by atoms with van der Waals surface area (Å²) in [7, 11) is 3.06. The first-order chi connectivity index (χ1) is 15.0. The van der Waals surface area contributed by atoms with E-state index in [1.807, 2.05) is 30.3 Å². The van der Waals surface area contributed by atoms with Gasteiger partial charge in [0.1, 0.15) is 5.75 Å². The molecule has 3 rings (SSSR count). The van der Waals surface area contributed by atoms with Gasteiger partial charge in [-0.15, -0.1) is 0 Å². The number of aliphatic carboxylic acids is 1. The van der Waals surface area contributed by atoms with E-state index in [-0.39, 0.29) is 0 Å². The van der Waals surface area contributed by atoms with Crippen LogP contribution in [0.4, 0.5) is 0 Å². The van der Waals surface area contributed by atoms with Crippen molar-refractivity contribution in [2.45, 2.75) is 18.1 Å². The van der Waals surface area contributed by atoms with E-state index < -0.39 is 17.7 Å². The quantitative estimate of drug-likeness (QED) is 0.514. The van der Waals surface area contributed by atoms with Crippen molar-refractivity contribution in [3.63, 3.8) is 0 Å². The number of carboxylic acids is 1. The molecule has 0 amide bonds. The lowest BCUT2D eigenvalue weighted by atomic mass is 9.81. The standard InChI is InChI=1S/C16H16O4.C9H13NO/c1-20-16(14(17)15(18)19,12-8-4-2-5-9-12)13-10-6-3-7-11-13;1-11-9-4-2-3-8(7-9)5-6-10/h2-11,14,17H,1H3,(H,18,19);2-4,7H,5-6,10H2,1H3/t14-;/m1./s1. The summed E-state index contributed by atoms with van der Waals surface area (Å²) in [5.41, 5.74) is 6.38. The smallest absolute Gasteiger partial charge is 0.336 e. The molecule has 3 aromatic carbocycles. The fourth-order valence-corrected chi connectivity index (χ4v) is 3.37. The number of aliphatic hydroxyl groups excluding tert-OH is 1. The number of rotatable bonds is 8. The molecule has 0 aliphatic heterocycles. The van der Waals surface area contributed by atoms with Gasteiger partial charge in [0.15, 0.2) is 11.7 Å². The predicted octanol–water partition coefficient (Wildman–Crippen LogP) is 3.22. The lowest BCUT2D eigenvalue weighted by molar-refractivity contribution is -0.163. The fourth-order valence-electron chi connectivity index (χ4n) is 3.37. The van der Waals surface area contributed by atoms with Crippen molar-refractivity contribution in [2.75, 3.05) is 20.8 Å². The zero-order chi connectivity index (χ0) is 22.7. The number of hydrogen-bond acceptors (Lipinski definition) is 5. The van der Waals surface area contributed by atoms with E-state index in [0.717, 1.165) is 12.2 Å². The minimum absolute atomic E-state index is 0.587. The molecular formula is C25H29NO5. The molecule has 0 heterocycles. The third-order valence-electron chi connectivity index (χ3n) is 4.91. The van der Waals surface area contributed by atoms with Crippen molar-refractivity contribution in [1.82, 2.24) is 0 Å². The molecule has 164 valence electrons. The molecule has 0 aromatic heterocycles. The van der Waals surface area contributed by atoms with E-state index in [9.17, 15) is 15.0 Å². The largest absolute Gasteiger partial charge is 0.497 e. The minimum atomic E-state index is -1.71. The molecule has 0 unspecified atom stereocenters. The Balaban J connectivity index is 0.000000262. The molecule has 0 saturated heterocycles. The van der Waals surface area contributed by atoms with Gasteiger partial charge in [-0.25, -0.2) is 4.79 Å². The second kappa shape index (κ2) is 11.9. The van der Waals surface area contributed by atoms with Crippen molar-refractivity contribution >= 4 is 5.97 Å². The second-order valence-electron chi connectivity index (χ2n) is 6.80. The van der Waals surface area contributed by atoms with Gasteiger partial charge in [-0.1, -0.05) is 72.8 Å². The molecule has 3 aromatic rings. The molecule has 0 aliphatic carbocycles. The van der Waals surface area contributed by atoms with Crippen LogP contribution < -0.4 is 10.5 Å². The summed E-state index contributed by atoms with van der Waals surface area (Å²) in [5, 5.41) is 19.5. The van der Waals surface area contributed by atoms with Gasteiger partial charge in [-0.2, -0.15) is 0 Å². The summed E-state index contributed by atoms with van der Waals surface area (Å²) in [6, 6.07) is 25.7. The van der Waals surface area contributed by atoms with Crippen LogP contribution in [0.1, 0.15) is 16.7 Å². The monoisotopic (exact) mass is 423 g/mol. The molecule has 0 radical (unpaired) electrons. The van der Waals surface area contributed by atoms with E-state index in [1.54, 1.807) is 55.6 Å². The number of nitrogens with two attached hydrogens (primary N) is 1. The average molecular weight is 424 g/mol. The number of aliphatic hydroxyl groups is 1. The summed E-state index contributed by atoms with van der Waals surface area (Å²) in [6.45, 7) is 0.688. The van der Waals surface area contributed by atoms with Crippen molar-refractivity contribution < 1.29 is 24.5 Å². The third-order valence-corrected chi connectivity index (χ3v) is 4.91. The number of carbonyl (C=O) groups is 1. The molecule has 6 heteroatoms. The second-order valence-corrected chi connectivity index (χ2v) is 6.80. The first-order valence-electron chi connectivity index (χ1n) is 9.89. The Bertz CT molecular complexity index is 891. The van der Waals surface area contributed by atoms with Crippen LogP contribution in [-0.2, 0) is 21.6 Å². The maximum Gasteiger partial charge on any atom is 0.336 e. The van der Waals surface area contributed by atoms with Gasteiger partial charge < -0.3 is 25.4 Å². The van der Waals surface area contributed by atoms with E-state index in [2.05, 4.69) is 6.07 Å². The van der Waals surface area contributed by atoms with Gasteiger partial charge in [-0.05, 0) is 41.8 Å². The zero-order valence-electron chi connectivity index (χ0n) is 17.8. The van der Waals surface area contributed by atoms with Crippen molar-refractivity contribution in [3.8, 4) is 5.75 Å². The highest BCUT2D eigenvalue weighted by atomic mass is 16.5. The zero-order valence-corrected chi connectivity index (χ0v) is 17.8. The number of ether oxygens (including phenoxy) is 2. The third kappa shape index (κ3) is 5.92. The Hall–Kier alpha value is -3.19. The number of methoxy groups -OCH3 is 2. The predicted molar refractivity (Wildman–Crippen MR) is 120 cm³/mol. The Kier molecular flexibility index (Phi) is 9.21. The van der Waals surface area contributed by atoms with E-state index in [4.69, 9.17) is 15.2 Å². The number of hydrogen-bond donors (Lipinski definition) is 3. The summed E-state index contributed by atoms with van der Waals surface area (Å²) in [6.07, 6.45) is -0.797. The maximum absolute atomic E-state index is 11.3. The molecular weight excluding hydrogens is 394 g/mol. The molecule has 0 spiro atoms. The molecule has 1 atom stereocenters. The highest BCUT2D eigenvalue weighted by Crippen LogP contribution is 2.36. The number of benzene rings is 3. The maximum atomic E-state index is 11.3. The summed E-state index contributed by atoms with van der Waals surface area (Å²) < 4.78 is 10.6. The molecule has 4 N–H and O–H groups in total. The fraction of sp³-hybridized carbons (Fsp3) is 0.240. The van der Waals surface area contributed by atoms with E-state index in [0.29, 0.717) is 17.7 Å². The lowest BCUT2D eigenvalue weighted by Gasteiger charge is -2.35. The van der Waals surface area contributed by atoms with Crippen LogP contribution in [-0.4, -0.2) is 43.1 Å². The van der Waals surface area contributed by atoms with E-state index in [1.165, 1.54) is 12.7 Å². The van der Waals surface area contributed by atoms with E-state index >= 15 is 0 Å². The van der Waals surface area contributed by atoms with Crippen LogP contribution in [0.5, 0.6) is 5.75 Å². The highest BCUT2D eigenvalue weighted by Gasteiger charge is 2.45. The van der Waals surface area contributed by atoms with Gasteiger partial charge in [0.25, 0.3) is 0 Å². The van der Waals surface area contributed by atoms with Crippen LogP contribution in [0.25, 0.3) is 0 Å². The summed E-state index contributed by atoms with van der Waals surface area (Å²) in [5.74, 6) is -0.435.